The van der Waals surface area contributed by atoms with Gasteiger partial charge in [-0.3, -0.25) is 4.98 Å². The molecule has 2 saturated heterocycles. The van der Waals surface area contributed by atoms with Gasteiger partial charge in [0.15, 0.2) is 5.82 Å². The smallest absolute Gasteiger partial charge is 0.163 e. The van der Waals surface area contributed by atoms with Crippen LogP contribution in [-0.2, 0) is 0 Å². The highest BCUT2D eigenvalue weighted by Gasteiger charge is 2.40. The van der Waals surface area contributed by atoms with E-state index >= 15 is 0 Å². The summed E-state index contributed by atoms with van der Waals surface area (Å²) < 4.78 is 0. The first-order valence-corrected chi connectivity index (χ1v) is 11.4. The number of hydrogen-bond acceptors (Lipinski definition) is 6. The summed E-state index contributed by atoms with van der Waals surface area (Å²) >= 11 is 0. The van der Waals surface area contributed by atoms with Gasteiger partial charge < -0.3 is 15.2 Å². The highest BCUT2D eigenvalue weighted by molar-refractivity contribution is 5.97. The second-order valence-corrected chi connectivity index (χ2v) is 9.24. The molecule has 1 aliphatic carbocycles. The van der Waals surface area contributed by atoms with E-state index in [1.54, 1.807) is 0 Å². The molecule has 2 unspecified atom stereocenters. The van der Waals surface area contributed by atoms with Crippen molar-refractivity contribution in [1.82, 2.24) is 30.2 Å². The first-order chi connectivity index (χ1) is 15.3. The largest absolute Gasteiger partial charge is 0.351 e. The highest BCUT2D eigenvalue weighted by Crippen LogP contribution is 2.46. The number of aromatic nitrogens is 5. The summed E-state index contributed by atoms with van der Waals surface area (Å²) in [4.78, 5) is 25.3. The van der Waals surface area contributed by atoms with Crippen LogP contribution in [0.1, 0.15) is 42.9 Å². The summed E-state index contributed by atoms with van der Waals surface area (Å²) in [6, 6.07) is 5.25. The molecule has 2 atom stereocenters. The second kappa shape index (κ2) is 6.47. The lowest BCUT2D eigenvalue weighted by atomic mass is 10.1. The van der Waals surface area contributed by atoms with E-state index in [1.807, 2.05) is 24.7 Å². The van der Waals surface area contributed by atoms with Gasteiger partial charge in [-0.25, -0.2) is 15.0 Å². The minimum absolute atomic E-state index is 0.512. The van der Waals surface area contributed by atoms with Crippen molar-refractivity contribution in [3.8, 4) is 11.4 Å². The number of H-pyrrole nitrogens is 1. The van der Waals surface area contributed by atoms with Gasteiger partial charge in [0.25, 0.3) is 0 Å². The van der Waals surface area contributed by atoms with E-state index in [4.69, 9.17) is 9.97 Å². The van der Waals surface area contributed by atoms with Crippen LogP contribution in [0.5, 0.6) is 0 Å². The summed E-state index contributed by atoms with van der Waals surface area (Å²) in [5.74, 6) is 2.46. The second-order valence-electron chi connectivity index (χ2n) is 9.24. The van der Waals surface area contributed by atoms with Crippen LogP contribution in [0.4, 0.5) is 5.82 Å². The number of nitrogens with one attached hydrogen (secondary N) is 2. The molecule has 156 valence electrons. The van der Waals surface area contributed by atoms with Gasteiger partial charge >= 0.3 is 0 Å². The molecular formula is C24H25N7. The third kappa shape index (κ3) is 2.69. The average Bonchev–Trinajstić information content (AvgIpc) is 3.19. The van der Waals surface area contributed by atoms with Gasteiger partial charge in [0.1, 0.15) is 11.5 Å². The molecule has 0 amide bonds. The van der Waals surface area contributed by atoms with E-state index in [0.717, 1.165) is 52.5 Å². The third-order valence-electron chi connectivity index (χ3n) is 7.21. The van der Waals surface area contributed by atoms with Crippen molar-refractivity contribution in [1.29, 1.82) is 0 Å². The predicted octanol–water partition coefficient (Wildman–Crippen LogP) is 3.69. The number of anilines is 1. The number of rotatable bonds is 3. The molecule has 3 aliphatic rings. The molecule has 3 fully saturated rings. The Morgan fingerprint density at radius 3 is 2.94 bits per heavy atom. The van der Waals surface area contributed by atoms with Crippen molar-refractivity contribution in [2.24, 2.45) is 0 Å². The Bertz CT molecular complexity index is 1320. The lowest BCUT2D eigenvalue weighted by Gasteiger charge is -2.27. The molecule has 4 aromatic heterocycles. The summed E-state index contributed by atoms with van der Waals surface area (Å²) in [5.41, 5.74) is 5.27. The average molecular weight is 412 g/mol. The Kier molecular flexibility index (Phi) is 3.67. The zero-order valence-electron chi connectivity index (χ0n) is 17.6. The van der Waals surface area contributed by atoms with Crippen LogP contribution < -0.4 is 10.2 Å². The molecular weight excluding hydrogens is 386 g/mol. The van der Waals surface area contributed by atoms with Crippen molar-refractivity contribution in [3.63, 3.8) is 0 Å². The Hall–Kier alpha value is -3.06. The topological polar surface area (TPSA) is 82.6 Å². The van der Waals surface area contributed by atoms with Gasteiger partial charge in [0.05, 0.1) is 11.7 Å². The number of nitrogens with zero attached hydrogens (tertiary/aromatic N) is 5. The molecule has 31 heavy (non-hydrogen) atoms. The zero-order valence-corrected chi connectivity index (χ0v) is 17.6. The Morgan fingerprint density at radius 1 is 1.10 bits per heavy atom. The van der Waals surface area contributed by atoms with Gasteiger partial charge in [-0.05, 0) is 62.8 Å². The number of fused-ring (bicyclic) bond motifs is 3. The van der Waals surface area contributed by atoms with Crippen LogP contribution in [-0.4, -0.2) is 50.1 Å². The number of aromatic amines is 1. The van der Waals surface area contributed by atoms with Gasteiger partial charge in [0.2, 0.25) is 0 Å². The Labute approximate surface area is 180 Å². The summed E-state index contributed by atoms with van der Waals surface area (Å²) in [7, 11) is 0. The van der Waals surface area contributed by atoms with Crippen LogP contribution in [0.15, 0.2) is 30.7 Å². The predicted molar refractivity (Wildman–Crippen MR) is 121 cm³/mol. The van der Waals surface area contributed by atoms with Crippen molar-refractivity contribution < 1.29 is 0 Å². The lowest BCUT2D eigenvalue weighted by molar-refractivity contribution is 0.600. The maximum Gasteiger partial charge on any atom is 0.163 e. The van der Waals surface area contributed by atoms with Gasteiger partial charge in [-0.15, -0.1) is 0 Å². The Balaban J connectivity index is 1.49. The fraction of sp³-hybridized carbons (Fsp3) is 0.417. The molecule has 0 bridgehead atoms. The summed E-state index contributed by atoms with van der Waals surface area (Å²) in [5, 5.41) is 5.96. The number of hydrogen-bond donors (Lipinski definition) is 2. The molecule has 6 heterocycles. The molecule has 2 aliphatic heterocycles. The van der Waals surface area contributed by atoms with Crippen LogP contribution in [0.3, 0.4) is 0 Å². The van der Waals surface area contributed by atoms with Crippen molar-refractivity contribution in [2.45, 2.75) is 50.6 Å². The molecule has 2 N–H and O–H groups in total. The van der Waals surface area contributed by atoms with E-state index in [1.165, 1.54) is 36.6 Å². The van der Waals surface area contributed by atoms with Crippen LogP contribution in [0.2, 0.25) is 0 Å². The third-order valence-corrected chi connectivity index (χ3v) is 7.21. The standard InChI is InChI=1S/C24H25N7/c1-13-10-16-15(4-7-27-22(16)28-13)23-29-19-12-25-11-17(14-2-3-14)21(19)24(30-23)31-9-6-18-20(31)5-8-26-18/h4,7,10-12,14,18,20,26H,2-3,5-6,8-9H2,1H3,(H,27,28). The van der Waals surface area contributed by atoms with Crippen molar-refractivity contribution in [3.05, 3.63) is 42.0 Å². The molecule has 0 radical (unpaired) electrons. The van der Waals surface area contributed by atoms with E-state index in [0.29, 0.717) is 18.0 Å². The fourth-order valence-electron chi connectivity index (χ4n) is 5.60. The normalized spacial score (nSPS) is 23.2. The SMILES string of the molecule is Cc1cc2c(-c3nc(N4CCC5NCCC54)c4c(C5CC5)cncc4n3)ccnc2[nH]1. The first kappa shape index (κ1) is 17.6. The summed E-state index contributed by atoms with van der Waals surface area (Å²) in [6.45, 7) is 4.18. The zero-order chi connectivity index (χ0) is 20.5. The van der Waals surface area contributed by atoms with E-state index < -0.39 is 0 Å². The first-order valence-electron chi connectivity index (χ1n) is 11.4. The molecule has 7 rings (SSSR count). The minimum atomic E-state index is 0.512. The monoisotopic (exact) mass is 411 g/mol. The number of pyridine rings is 2. The molecule has 0 spiro atoms. The van der Waals surface area contributed by atoms with Crippen molar-refractivity contribution >= 4 is 27.8 Å². The van der Waals surface area contributed by atoms with E-state index in [-0.39, 0.29) is 0 Å². The van der Waals surface area contributed by atoms with Gasteiger partial charge in [-0.1, -0.05) is 0 Å². The minimum Gasteiger partial charge on any atom is -0.351 e. The lowest BCUT2D eigenvalue weighted by Crippen LogP contribution is -2.35. The molecule has 0 aromatic carbocycles. The maximum atomic E-state index is 5.26. The van der Waals surface area contributed by atoms with Crippen molar-refractivity contribution in [2.75, 3.05) is 18.0 Å². The molecule has 7 nitrogen and oxygen atoms in total. The quantitative estimate of drug-likeness (QED) is 0.535. The van der Waals surface area contributed by atoms with Crippen LogP contribution in [0, 0.1) is 6.92 Å². The maximum absolute atomic E-state index is 5.26. The summed E-state index contributed by atoms with van der Waals surface area (Å²) in [6.07, 6.45) is 10.6. The van der Waals surface area contributed by atoms with E-state index in [9.17, 15) is 0 Å². The van der Waals surface area contributed by atoms with Crippen LogP contribution >= 0.6 is 0 Å². The van der Waals surface area contributed by atoms with E-state index in [2.05, 4.69) is 38.2 Å². The number of aryl methyl sites for hydroxylation is 1. The molecule has 4 aromatic rings. The molecule has 7 heteroatoms. The fourth-order valence-corrected chi connectivity index (χ4v) is 5.60. The van der Waals surface area contributed by atoms with Crippen LogP contribution in [0.25, 0.3) is 33.3 Å². The Morgan fingerprint density at radius 2 is 2.03 bits per heavy atom. The highest BCUT2D eigenvalue weighted by atomic mass is 15.3. The van der Waals surface area contributed by atoms with Gasteiger partial charge in [-0.2, -0.15) is 0 Å². The van der Waals surface area contributed by atoms with Gasteiger partial charge in [0, 0.05) is 53.1 Å². The molecule has 1 saturated carbocycles.